The lowest BCUT2D eigenvalue weighted by Gasteiger charge is -2.28. The fourth-order valence-corrected chi connectivity index (χ4v) is 4.18. The van der Waals surface area contributed by atoms with E-state index in [2.05, 4.69) is 5.32 Å². The van der Waals surface area contributed by atoms with Crippen molar-refractivity contribution in [1.82, 2.24) is 10.2 Å². The molecule has 26 heavy (non-hydrogen) atoms. The molecule has 0 spiro atoms. The van der Waals surface area contributed by atoms with Crippen molar-refractivity contribution in [2.24, 2.45) is 11.8 Å². The van der Waals surface area contributed by atoms with E-state index >= 15 is 0 Å². The molecule has 2 aliphatic heterocycles. The van der Waals surface area contributed by atoms with E-state index in [0.29, 0.717) is 6.54 Å². The van der Waals surface area contributed by atoms with Crippen LogP contribution in [0.25, 0.3) is 0 Å². The number of fused-ring (bicyclic) bond motifs is 1. The van der Waals surface area contributed by atoms with E-state index in [1.807, 2.05) is 43.3 Å². The Bertz CT molecular complexity index is 746. The molecule has 0 bridgehead atoms. The summed E-state index contributed by atoms with van der Waals surface area (Å²) >= 11 is 0. The molecule has 0 aromatic heterocycles. The molecule has 3 rings (SSSR count). The van der Waals surface area contributed by atoms with Crippen molar-refractivity contribution in [3.63, 3.8) is 0 Å². The van der Waals surface area contributed by atoms with Crippen molar-refractivity contribution in [2.75, 3.05) is 32.6 Å². The third kappa shape index (κ3) is 2.49. The number of carbonyl (C=O) groups excluding carboxylic acids is 3. The van der Waals surface area contributed by atoms with Crippen molar-refractivity contribution < 1.29 is 19.1 Å². The molecule has 2 aliphatic rings. The van der Waals surface area contributed by atoms with Crippen LogP contribution in [0.1, 0.15) is 25.5 Å². The summed E-state index contributed by atoms with van der Waals surface area (Å²) in [6.45, 7) is 3.71. The minimum absolute atomic E-state index is 0.232. The SMILES string of the molecule is CCN1C(=O)[C@@H]2[C@@H](C1=O)[C@](C)(C(=O)OC)N[C@H]2c1ccc(N(C)C)cc1. The van der Waals surface area contributed by atoms with Crippen LogP contribution in [0.2, 0.25) is 0 Å². The van der Waals surface area contributed by atoms with Gasteiger partial charge in [-0.05, 0) is 31.5 Å². The number of likely N-dealkylation sites (tertiary alicyclic amines) is 1. The van der Waals surface area contributed by atoms with Gasteiger partial charge in [-0.1, -0.05) is 12.1 Å². The Balaban J connectivity index is 2.05. The van der Waals surface area contributed by atoms with Gasteiger partial charge < -0.3 is 9.64 Å². The lowest BCUT2D eigenvalue weighted by atomic mass is 9.80. The van der Waals surface area contributed by atoms with Gasteiger partial charge in [-0.25, -0.2) is 0 Å². The molecule has 1 aromatic rings. The average molecular weight is 359 g/mol. The normalized spacial score (nSPS) is 30.5. The minimum Gasteiger partial charge on any atom is -0.468 e. The van der Waals surface area contributed by atoms with Crippen LogP contribution in [0, 0.1) is 11.8 Å². The fourth-order valence-electron chi connectivity index (χ4n) is 4.18. The number of hydrogen-bond donors (Lipinski definition) is 1. The van der Waals surface area contributed by atoms with Crippen molar-refractivity contribution in [3.8, 4) is 0 Å². The average Bonchev–Trinajstić information content (AvgIpc) is 3.08. The number of amides is 2. The molecule has 2 fully saturated rings. The molecule has 0 unspecified atom stereocenters. The van der Waals surface area contributed by atoms with E-state index < -0.39 is 29.4 Å². The summed E-state index contributed by atoms with van der Waals surface area (Å²) in [6, 6.07) is 7.35. The second-order valence-electron chi connectivity index (χ2n) is 7.23. The van der Waals surface area contributed by atoms with Crippen LogP contribution in [0.3, 0.4) is 0 Å². The third-order valence-corrected chi connectivity index (χ3v) is 5.57. The third-order valence-electron chi connectivity index (χ3n) is 5.57. The van der Waals surface area contributed by atoms with E-state index in [4.69, 9.17) is 4.74 Å². The second kappa shape index (κ2) is 6.39. The minimum atomic E-state index is -1.24. The number of nitrogens with one attached hydrogen (secondary N) is 1. The number of benzene rings is 1. The van der Waals surface area contributed by atoms with Gasteiger partial charge in [0, 0.05) is 32.4 Å². The van der Waals surface area contributed by atoms with E-state index in [9.17, 15) is 14.4 Å². The molecule has 1 N–H and O–H groups in total. The largest absolute Gasteiger partial charge is 0.468 e. The van der Waals surface area contributed by atoms with Crippen LogP contribution in [-0.4, -0.2) is 56.0 Å². The molecule has 0 saturated carbocycles. The molecule has 140 valence electrons. The first-order valence-corrected chi connectivity index (χ1v) is 8.74. The van der Waals surface area contributed by atoms with Gasteiger partial charge in [-0.2, -0.15) is 0 Å². The van der Waals surface area contributed by atoms with Crippen LogP contribution in [-0.2, 0) is 19.1 Å². The highest BCUT2D eigenvalue weighted by Crippen LogP contribution is 2.49. The maximum atomic E-state index is 12.9. The summed E-state index contributed by atoms with van der Waals surface area (Å²) in [5, 5.41) is 3.23. The Morgan fingerprint density at radius 2 is 1.85 bits per heavy atom. The number of esters is 1. The molecule has 7 nitrogen and oxygen atoms in total. The van der Waals surface area contributed by atoms with Crippen LogP contribution < -0.4 is 10.2 Å². The lowest BCUT2D eigenvalue weighted by Crippen LogP contribution is -2.53. The Hall–Kier alpha value is -2.41. The molecule has 1 aromatic carbocycles. The molecular weight excluding hydrogens is 334 g/mol. The van der Waals surface area contributed by atoms with E-state index in [1.165, 1.54) is 12.0 Å². The van der Waals surface area contributed by atoms with Crippen LogP contribution in [0.5, 0.6) is 0 Å². The number of hydrogen-bond acceptors (Lipinski definition) is 6. The van der Waals surface area contributed by atoms with E-state index in [1.54, 1.807) is 13.8 Å². The summed E-state index contributed by atoms with van der Waals surface area (Å²) in [6.07, 6.45) is 0. The highest BCUT2D eigenvalue weighted by molar-refractivity contribution is 6.09. The van der Waals surface area contributed by atoms with Crippen molar-refractivity contribution >= 4 is 23.5 Å². The Kier molecular flexibility index (Phi) is 4.52. The monoisotopic (exact) mass is 359 g/mol. The first-order valence-electron chi connectivity index (χ1n) is 8.74. The van der Waals surface area contributed by atoms with Crippen molar-refractivity contribution in [1.29, 1.82) is 0 Å². The zero-order valence-corrected chi connectivity index (χ0v) is 15.8. The second-order valence-corrected chi connectivity index (χ2v) is 7.23. The zero-order chi connectivity index (χ0) is 19.2. The van der Waals surface area contributed by atoms with Gasteiger partial charge in [-0.3, -0.25) is 24.6 Å². The standard InChI is InChI=1S/C19H25N3O4/c1-6-22-16(23)13-14(17(22)24)19(2,18(25)26-5)20-15(13)11-7-9-12(10-8-11)21(3)4/h7-10,13-15,20H,6H2,1-5H3/t13-,14+,15+,19-/m1/s1. The van der Waals surface area contributed by atoms with Crippen molar-refractivity contribution in [3.05, 3.63) is 29.8 Å². The summed E-state index contributed by atoms with van der Waals surface area (Å²) in [5.74, 6) is -2.45. The smallest absolute Gasteiger partial charge is 0.326 e. The highest BCUT2D eigenvalue weighted by Gasteiger charge is 2.66. The molecule has 0 radical (unpaired) electrons. The molecular formula is C19H25N3O4. The lowest BCUT2D eigenvalue weighted by molar-refractivity contribution is -0.153. The number of ether oxygens (including phenoxy) is 1. The topological polar surface area (TPSA) is 79.0 Å². The summed E-state index contributed by atoms with van der Waals surface area (Å²) in [4.78, 5) is 41.4. The van der Waals surface area contributed by atoms with Gasteiger partial charge in [0.2, 0.25) is 11.8 Å². The van der Waals surface area contributed by atoms with Gasteiger partial charge in [0.25, 0.3) is 0 Å². The highest BCUT2D eigenvalue weighted by atomic mass is 16.5. The first kappa shape index (κ1) is 18.4. The van der Waals surface area contributed by atoms with E-state index in [-0.39, 0.29) is 11.8 Å². The van der Waals surface area contributed by atoms with Crippen LogP contribution >= 0.6 is 0 Å². The molecule has 0 aliphatic carbocycles. The first-order chi connectivity index (χ1) is 12.3. The maximum absolute atomic E-state index is 12.9. The number of nitrogens with zero attached hydrogens (tertiary/aromatic N) is 2. The molecule has 2 amide bonds. The molecule has 4 atom stereocenters. The fraction of sp³-hybridized carbons (Fsp3) is 0.526. The van der Waals surface area contributed by atoms with Gasteiger partial charge in [0.05, 0.1) is 18.9 Å². The number of rotatable bonds is 4. The molecule has 7 heteroatoms. The maximum Gasteiger partial charge on any atom is 0.326 e. The number of carbonyl (C=O) groups is 3. The summed E-state index contributed by atoms with van der Waals surface area (Å²) in [5.41, 5.74) is 0.668. The Labute approximate surface area is 153 Å². The van der Waals surface area contributed by atoms with Crippen LogP contribution in [0.15, 0.2) is 24.3 Å². The quantitative estimate of drug-likeness (QED) is 0.637. The summed E-state index contributed by atoms with van der Waals surface area (Å²) < 4.78 is 4.94. The number of anilines is 1. The van der Waals surface area contributed by atoms with Gasteiger partial charge in [-0.15, -0.1) is 0 Å². The van der Waals surface area contributed by atoms with Gasteiger partial charge >= 0.3 is 5.97 Å². The number of methoxy groups -OCH3 is 1. The zero-order valence-electron chi connectivity index (χ0n) is 15.8. The molecule has 2 heterocycles. The Morgan fingerprint density at radius 3 is 2.35 bits per heavy atom. The van der Waals surface area contributed by atoms with Gasteiger partial charge in [0.15, 0.2) is 0 Å². The van der Waals surface area contributed by atoms with Crippen LogP contribution in [0.4, 0.5) is 5.69 Å². The predicted octanol–water partition coefficient (Wildman–Crippen LogP) is 0.950. The predicted molar refractivity (Wildman–Crippen MR) is 96.4 cm³/mol. The Morgan fingerprint density at radius 1 is 1.23 bits per heavy atom. The van der Waals surface area contributed by atoms with E-state index in [0.717, 1.165) is 11.3 Å². The van der Waals surface area contributed by atoms with Crippen molar-refractivity contribution in [2.45, 2.75) is 25.4 Å². The number of imide groups is 1. The summed E-state index contributed by atoms with van der Waals surface area (Å²) in [7, 11) is 5.19. The van der Waals surface area contributed by atoms with Gasteiger partial charge in [0.1, 0.15) is 5.54 Å². The molecule has 2 saturated heterocycles.